The van der Waals surface area contributed by atoms with E-state index in [0.29, 0.717) is 16.6 Å². The van der Waals surface area contributed by atoms with Gasteiger partial charge in [0, 0.05) is 29.4 Å². The third-order valence-electron chi connectivity index (χ3n) is 3.65. The van der Waals surface area contributed by atoms with Crippen molar-refractivity contribution in [3.63, 3.8) is 0 Å². The van der Waals surface area contributed by atoms with Crippen molar-refractivity contribution in [2.75, 3.05) is 11.9 Å². The fourth-order valence-corrected chi connectivity index (χ4v) is 2.50. The summed E-state index contributed by atoms with van der Waals surface area (Å²) in [4.78, 5) is 26.9. The summed E-state index contributed by atoms with van der Waals surface area (Å²) in [6, 6.07) is 9.77. The van der Waals surface area contributed by atoms with E-state index in [9.17, 15) is 19.3 Å². The van der Waals surface area contributed by atoms with Gasteiger partial charge in [-0.15, -0.1) is 0 Å². The first kappa shape index (κ1) is 17.3. The summed E-state index contributed by atoms with van der Waals surface area (Å²) in [7, 11) is 0. The number of benzene rings is 2. The molecular weight excluding hydrogens is 341 g/mol. The minimum Gasteiger partial charge on any atom is -0.462 e. The molecular formula is C18H14FN3O4. The van der Waals surface area contributed by atoms with E-state index >= 15 is 0 Å². The normalized spacial score (nSPS) is 10.5. The van der Waals surface area contributed by atoms with E-state index in [1.807, 2.05) is 0 Å². The summed E-state index contributed by atoms with van der Waals surface area (Å²) < 4.78 is 18.8. The van der Waals surface area contributed by atoms with Crippen LogP contribution in [0, 0.1) is 15.9 Å². The molecule has 0 spiro atoms. The van der Waals surface area contributed by atoms with Crippen LogP contribution in [0.15, 0.2) is 48.7 Å². The second kappa shape index (κ2) is 7.14. The van der Waals surface area contributed by atoms with Crippen LogP contribution in [0.2, 0.25) is 0 Å². The Bertz CT molecular complexity index is 1010. The van der Waals surface area contributed by atoms with E-state index in [0.717, 1.165) is 0 Å². The number of anilines is 2. The first-order chi connectivity index (χ1) is 12.5. The van der Waals surface area contributed by atoms with E-state index in [1.54, 1.807) is 13.0 Å². The van der Waals surface area contributed by atoms with Crippen molar-refractivity contribution in [2.24, 2.45) is 0 Å². The van der Waals surface area contributed by atoms with Crippen molar-refractivity contribution in [1.82, 2.24) is 4.98 Å². The number of carbonyl (C=O) groups is 1. The number of ether oxygens (including phenoxy) is 1. The lowest BCUT2D eigenvalue weighted by atomic mass is 10.1. The highest BCUT2D eigenvalue weighted by atomic mass is 19.1. The van der Waals surface area contributed by atoms with Crippen LogP contribution in [-0.2, 0) is 4.74 Å². The average molecular weight is 355 g/mol. The largest absolute Gasteiger partial charge is 0.462 e. The fourth-order valence-electron chi connectivity index (χ4n) is 2.50. The Morgan fingerprint density at radius 1 is 1.31 bits per heavy atom. The average Bonchev–Trinajstić information content (AvgIpc) is 2.62. The minimum atomic E-state index is -0.626. The molecule has 3 aromatic rings. The number of aromatic nitrogens is 1. The molecule has 0 fully saturated rings. The third-order valence-corrected chi connectivity index (χ3v) is 3.65. The topological polar surface area (TPSA) is 94.4 Å². The molecule has 3 rings (SSSR count). The van der Waals surface area contributed by atoms with Gasteiger partial charge in [-0.05, 0) is 31.2 Å². The predicted octanol–water partition coefficient (Wildman–Crippen LogP) is 4.20. The molecule has 0 aliphatic heterocycles. The van der Waals surface area contributed by atoms with E-state index in [1.165, 1.54) is 42.6 Å². The predicted molar refractivity (Wildman–Crippen MR) is 94.0 cm³/mol. The van der Waals surface area contributed by atoms with Gasteiger partial charge < -0.3 is 10.1 Å². The molecule has 0 aliphatic carbocycles. The number of hydrogen-bond donors (Lipinski definition) is 1. The van der Waals surface area contributed by atoms with Crippen LogP contribution >= 0.6 is 0 Å². The fraction of sp³-hybridized carbons (Fsp3) is 0.111. The van der Waals surface area contributed by atoms with Gasteiger partial charge in [0.1, 0.15) is 11.4 Å². The Morgan fingerprint density at radius 3 is 2.85 bits per heavy atom. The zero-order chi connectivity index (χ0) is 18.7. The van der Waals surface area contributed by atoms with Crippen LogP contribution in [-0.4, -0.2) is 22.5 Å². The van der Waals surface area contributed by atoms with Crippen LogP contribution < -0.4 is 5.32 Å². The summed E-state index contributed by atoms with van der Waals surface area (Å²) in [5.41, 5.74) is 1.11. The molecule has 1 heterocycles. The highest BCUT2D eigenvalue weighted by Gasteiger charge is 2.18. The lowest BCUT2D eigenvalue weighted by Crippen LogP contribution is -2.09. The maximum absolute atomic E-state index is 13.7. The molecule has 0 saturated heterocycles. The molecule has 0 unspecified atom stereocenters. The quantitative estimate of drug-likeness (QED) is 0.419. The van der Waals surface area contributed by atoms with E-state index in [2.05, 4.69) is 10.3 Å². The molecule has 2 aromatic carbocycles. The number of fused-ring (bicyclic) bond motifs is 1. The van der Waals surface area contributed by atoms with Gasteiger partial charge in [0.15, 0.2) is 0 Å². The molecule has 0 saturated carbocycles. The molecule has 7 nitrogen and oxygen atoms in total. The molecule has 1 N–H and O–H groups in total. The lowest BCUT2D eigenvalue weighted by Gasteiger charge is -2.14. The van der Waals surface area contributed by atoms with E-state index in [-0.39, 0.29) is 23.5 Å². The van der Waals surface area contributed by atoms with Crippen molar-refractivity contribution in [3.8, 4) is 0 Å². The Labute approximate surface area is 147 Å². The number of halogens is 1. The van der Waals surface area contributed by atoms with Crippen molar-refractivity contribution in [2.45, 2.75) is 6.92 Å². The highest BCUT2D eigenvalue weighted by Crippen LogP contribution is 2.31. The molecule has 8 heteroatoms. The molecule has 0 aliphatic rings. The van der Waals surface area contributed by atoms with E-state index in [4.69, 9.17) is 4.74 Å². The van der Waals surface area contributed by atoms with Crippen molar-refractivity contribution in [3.05, 3.63) is 70.2 Å². The standard InChI is InChI=1S/C18H14FN3O4/c1-2-26-18(23)15-10-20-16-7-6-11(19)8-14(16)17(15)21-12-4-3-5-13(9-12)22(24)25/h3-10H,2H2,1H3,(H,20,21). The van der Waals surface area contributed by atoms with Gasteiger partial charge in [-0.25, -0.2) is 9.18 Å². The second-order valence-corrected chi connectivity index (χ2v) is 5.36. The van der Waals surface area contributed by atoms with Gasteiger partial charge in [0.2, 0.25) is 0 Å². The van der Waals surface area contributed by atoms with Gasteiger partial charge in [-0.2, -0.15) is 0 Å². The first-order valence-corrected chi connectivity index (χ1v) is 7.76. The monoisotopic (exact) mass is 355 g/mol. The van der Waals surface area contributed by atoms with Gasteiger partial charge in [0.25, 0.3) is 5.69 Å². The SMILES string of the molecule is CCOC(=O)c1cnc2ccc(F)cc2c1Nc1cccc([N+](=O)[O-])c1. The molecule has 1 aromatic heterocycles. The molecule has 0 radical (unpaired) electrons. The highest BCUT2D eigenvalue weighted by molar-refractivity contribution is 6.06. The number of nitro groups is 1. The van der Waals surface area contributed by atoms with Gasteiger partial charge >= 0.3 is 5.97 Å². The minimum absolute atomic E-state index is 0.108. The van der Waals surface area contributed by atoms with Gasteiger partial charge in [-0.1, -0.05) is 6.07 Å². The Hall–Kier alpha value is -3.55. The van der Waals surface area contributed by atoms with Crippen LogP contribution in [0.3, 0.4) is 0 Å². The number of esters is 1. The van der Waals surface area contributed by atoms with Crippen LogP contribution in [0.1, 0.15) is 17.3 Å². The third kappa shape index (κ3) is 3.44. The number of nitrogens with one attached hydrogen (secondary N) is 1. The van der Waals surface area contributed by atoms with Crippen LogP contribution in [0.25, 0.3) is 10.9 Å². The first-order valence-electron chi connectivity index (χ1n) is 7.76. The summed E-state index contributed by atoms with van der Waals surface area (Å²) in [6.45, 7) is 1.83. The summed E-state index contributed by atoms with van der Waals surface area (Å²) in [5, 5.41) is 14.3. The molecule has 0 bridgehead atoms. The number of nitrogens with zero attached hydrogens (tertiary/aromatic N) is 2. The second-order valence-electron chi connectivity index (χ2n) is 5.36. The summed E-state index contributed by atoms with van der Waals surface area (Å²) in [6.07, 6.45) is 1.33. The van der Waals surface area contributed by atoms with E-state index < -0.39 is 16.7 Å². The molecule has 26 heavy (non-hydrogen) atoms. The number of pyridine rings is 1. The van der Waals surface area contributed by atoms with Crippen molar-refractivity contribution >= 4 is 33.9 Å². The van der Waals surface area contributed by atoms with Crippen molar-refractivity contribution in [1.29, 1.82) is 0 Å². The number of carbonyl (C=O) groups excluding carboxylic acids is 1. The van der Waals surface area contributed by atoms with Gasteiger partial charge in [0.05, 0.1) is 22.7 Å². The van der Waals surface area contributed by atoms with Gasteiger partial charge in [-0.3, -0.25) is 15.1 Å². The Balaban J connectivity index is 2.16. The van der Waals surface area contributed by atoms with Crippen LogP contribution in [0.5, 0.6) is 0 Å². The summed E-state index contributed by atoms with van der Waals surface area (Å²) in [5.74, 6) is -1.12. The maximum Gasteiger partial charge on any atom is 0.341 e. The Kier molecular flexibility index (Phi) is 4.74. The zero-order valence-corrected chi connectivity index (χ0v) is 13.7. The number of nitro benzene ring substituents is 1. The number of non-ortho nitro benzene ring substituents is 1. The molecule has 132 valence electrons. The summed E-state index contributed by atoms with van der Waals surface area (Å²) >= 11 is 0. The lowest BCUT2D eigenvalue weighted by molar-refractivity contribution is -0.384. The molecule has 0 atom stereocenters. The number of hydrogen-bond acceptors (Lipinski definition) is 6. The maximum atomic E-state index is 13.7. The zero-order valence-electron chi connectivity index (χ0n) is 13.7. The molecule has 0 amide bonds. The van der Waals surface area contributed by atoms with Crippen LogP contribution in [0.4, 0.5) is 21.5 Å². The number of rotatable bonds is 5. The smallest absolute Gasteiger partial charge is 0.341 e. The van der Waals surface area contributed by atoms with Crippen molar-refractivity contribution < 1.29 is 18.8 Å². The Morgan fingerprint density at radius 2 is 2.12 bits per heavy atom.